The van der Waals surface area contributed by atoms with Crippen LogP contribution in [-0.4, -0.2) is 44.9 Å². The Bertz CT molecular complexity index is 1150. The molecule has 0 spiro atoms. The first-order chi connectivity index (χ1) is 15.1. The number of aliphatic imine (C=N–C) groups is 1. The molecule has 1 saturated heterocycles. The minimum absolute atomic E-state index is 0.192. The first-order valence-electron chi connectivity index (χ1n) is 11.2. The molecule has 0 N–H and O–H groups in total. The molecule has 1 aromatic carbocycles. The quantitative estimate of drug-likeness (QED) is 0.685. The van der Waals surface area contributed by atoms with Crippen molar-refractivity contribution < 1.29 is 13.2 Å². The predicted molar refractivity (Wildman–Crippen MR) is 124 cm³/mol. The van der Waals surface area contributed by atoms with Gasteiger partial charge in [0.05, 0.1) is 11.0 Å². The Morgan fingerprint density at radius 3 is 2.84 bits per heavy atom. The number of ether oxygens (including phenoxy) is 1. The molecule has 7 heteroatoms. The zero-order valence-corrected chi connectivity index (χ0v) is 18.8. The van der Waals surface area contributed by atoms with Crippen molar-refractivity contribution in [1.29, 1.82) is 0 Å². The number of rotatable bonds is 5. The van der Waals surface area contributed by atoms with E-state index < -0.39 is 10.0 Å². The number of allylic oxidation sites excluding steroid dienone is 2. The third-order valence-corrected chi connectivity index (χ3v) is 8.29. The summed E-state index contributed by atoms with van der Waals surface area (Å²) in [5.74, 6) is 0.568. The highest BCUT2D eigenvalue weighted by atomic mass is 32.2. The van der Waals surface area contributed by atoms with E-state index in [-0.39, 0.29) is 6.10 Å². The third-order valence-electron chi connectivity index (χ3n) is 6.64. The summed E-state index contributed by atoms with van der Waals surface area (Å²) >= 11 is 0. The summed E-state index contributed by atoms with van der Waals surface area (Å²) in [5, 5.41) is 0. The van der Waals surface area contributed by atoms with Crippen molar-refractivity contribution in [2.45, 2.75) is 55.9 Å². The van der Waals surface area contributed by atoms with Crippen LogP contribution < -0.4 is 4.90 Å². The van der Waals surface area contributed by atoms with Crippen LogP contribution >= 0.6 is 0 Å². The van der Waals surface area contributed by atoms with Crippen LogP contribution in [0.25, 0.3) is 5.57 Å². The van der Waals surface area contributed by atoms with Gasteiger partial charge in [-0.05, 0) is 68.7 Å². The lowest BCUT2D eigenvalue weighted by atomic mass is 9.91. The van der Waals surface area contributed by atoms with Crippen molar-refractivity contribution in [3.63, 3.8) is 0 Å². The van der Waals surface area contributed by atoms with E-state index >= 15 is 0 Å². The number of methoxy groups -OCH3 is 1. The van der Waals surface area contributed by atoms with Gasteiger partial charge in [0.1, 0.15) is 5.82 Å². The molecular weight excluding hydrogens is 410 g/mol. The molecule has 1 aromatic heterocycles. The number of hydrogen-bond donors (Lipinski definition) is 0. The largest absolute Gasteiger partial charge is 0.380 e. The Labute approximate surface area is 184 Å². The van der Waals surface area contributed by atoms with Crippen molar-refractivity contribution in [2.24, 2.45) is 4.99 Å². The number of benzene rings is 1. The lowest BCUT2D eigenvalue weighted by Gasteiger charge is -2.19. The standard InChI is InChI=1S/C24H29N3O3S/c1-30-20-12-14-26(16-20)19-9-5-10-21(15-19)31(28,29)27-17-23(18-7-3-2-4-8-18)22-11-6-13-25-24(22)27/h5,7,9-10,13,15,17,20H,2-4,6,8,11-12,14,16H2,1H3. The number of nitrogens with zero attached hydrogens (tertiary/aromatic N) is 3. The molecule has 2 aliphatic heterocycles. The summed E-state index contributed by atoms with van der Waals surface area (Å²) in [6.45, 7) is 1.64. The lowest BCUT2D eigenvalue weighted by Crippen LogP contribution is -2.22. The van der Waals surface area contributed by atoms with Gasteiger partial charge >= 0.3 is 0 Å². The van der Waals surface area contributed by atoms with Crippen LogP contribution in [0.3, 0.4) is 0 Å². The Morgan fingerprint density at radius 2 is 2.06 bits per heavy atom. The molecule has 1 unspecified atom stereocenters. The zero-order valence-electron chi connectivity index (χ0n) is 18.0. The highest BCUT2D eigenvalue weighted by molar-refractivity contribution is 7.90. The van der Waals surface area contributed by atoms with Crippen LogP contribution in [0, 0.1) is 0 Å². The van der Waals surface area contributed by atoms with E-state index in [0.717, 1.165) is 68.4 Å². The van der Waals surface area contributed by atoms with E-state index in [0.29, 0.717) is 10.7 Å². The first kappa shape index (κ1) is 20.5. The number of anilines is 1. The summed E-state index contributed by atoms with van der Waals surface area (Å²) in [4.78, 5) is 7.01. The van der Waals surface area contributed by atoms with E-state index in [1.807, 2.05) is 24.5 Å². The van der Waals surface area contributed by atoms with Crippen molar-refractivity contribution in [2.75, 3.05) is 25.1 Å². The smallest absolute Gasteiger partial charge is 0.269 e. The van der Waals surface area contributed by atoms with Gasteiger partial charge in [-0.3, -0.25) is 0 Å². The molecule has 1 atom stereocenters. The average Bonchev–Trinajstić information content (AvgIpc) is 3.45. The highest BCUT2D eigenvalue weighted by Crippen LogP contribution is 2.39. The number of aromatic nitrogens is 1. The van der Waals surface area contributed by atoms with Crippen molar-refractivity contribution >= 4 is 33.3 Å². The Balaban J connectivity index is 1.55. The van der Waals surface area contributed by atoms with Gasteiger partial charge < -0.3 is 9.64 Å². The Morgan fingerprint density at radius 1 is 1.16 bits per heavy atom. The molecule has 1 fully saturated rings. The molecular formula is C24H29N3O3S. The van der Waals surface area contributed by atoms with Gasteiger partial charge in [-0.15, -0.1) is 0 Å². The van der Waals surface area contributed by atoms with Gasteiger partial charge in [-0.2, -0.15) is 0 Å². The molecule has 3 heterocycles. The summed E-state index contributed by atoms with van der Waals surface area (Å²) in [7, 11) is -2.03. The molecule has 164 valence electrons. The van der Waals surface area contributed by atoms with Crippen molar-refractivity contribution in [3.8, 4) is 0 Å². The van der Waals surface area contributed by atoms with Gasteiger partial charge in [-0.1, -0.05) is 12.1 Å². The van der Waals surface area contributed by atoms with E-state index in [2.05, 4.69) is 16.0 Å². The van der Waals surface area contributed by atoms with Gasteiger partial charge in [-0.25, -0.2) is 17.4 Å². The molecule has 0 saturated carbocycles. The summed E-state index contributed by atoms with van der Waals surface area (Å²) in [6.07, 6.45) is 13.2. The fourth-order valence-corrected chi connectivity index (χ4v) is 6.28. The molecule has 1 aliphatic carbocycles. The van der Waals surface area contributed by atoms with Crippen LogP contribution in [0.15, 0.2) is 46.4 Å². The molecule has 5 rings (SSSR count). The molecule has 31 heavy (non-hydrogen) atoms. The Hall–Kier alpha value is -2.38. The van der Waals surface area contributed by atoms with E-state index in [4.69, 9.17) is 4.74 Å². The third kappa shape index (κ3) is 3.74. The van der Waals surface area contributed by atoms with Gasteiger partial charge in [0, 0.05) is 49.4 Å². The molecule has 0 radical (unpaired) electrons. The zero-order chi connectivity index (χ0) is 21.4. The topological polar surface area (TPSA) is 63.9 Å². The van der Waals surface area contributed by atoms with Gasteiger partial charge in [0.2, 0.25) is 0 Å². The van der Waals surface area contributed by atoms with E-state index in [1.165, 1.54) is 16.0 Å². The lowest BCUT2D eigenvalue weighted by molar-refractivity contribution is 0.121. The summed E-state index contributed by atoms with van der Waals surface area (Å²) in [5.41, 5.74) is 4.32. The minimum Gasteiger partial charge on any atom is -0.380 e. The average molecular weight is 440 g/mol. The number of hydrogen-bond acceptors (Lipinski definition) is 5. The van der Waals surface area contributed by atoms with E-state index in [1.54, 1.807) is 19.2 Å². The van der Waals surface area contributed by atoms with Crippen LogP contribution in [0.2, 0.25) is 0 Å². The monoisotopic (exact) mass is 439 g/mol. The minimum atomic E-state index is -3.75. The summed E-state index contributed by atoms with van der Waals surface area (Å²) in [6, 6.07) is 7.26. The maximum absolute atomic E-state index is 13.7. The molecule has 2 aromatic rings. The fraction of sp³-hybridized carbons (Fsp3) is 0.458. The fourth-order valence-electron chi connectivity index (χ4n) is 4.90. The highest BCUT2D eigenvalue weighted by Gasteiger charge is 2.29. The van der Waals surface area contributed by atoms with Crippen LogP contribution in [0.5, 0.6) is 0 Å². The normalized spacial score (nSPS) is 21.3. The van der Waals surface area contributed by atoms with E-state index in [9.17, 15) is 8.42 Å². The van der Waals surface area contributed by atoms with Gasteiger partial charge in [0.25, 0.3) is 10.0 Å². The van der Waals surface area contributed by atoms with Crippen LogP contribution in [0.4, 0.5) is 11.5 Å². The molecule has 3 aliphatic rings. The van der Waals surface area contributed by atoms with Crippen molar-refractivity contribution in [1.82, 2.24) is 3.97 Å². The number of fused-ring (bicyclic) bond motifs is 1. The van der Waals surface area contributed by atoms with Crippen LogP contribution in [-0.2, 0) is 21.2 Å². The molecule has 6 nitrogen and oxygen atoms in total. The molecule has 0 bridgehead atoms. The maximum atomic E-state index is 13.7. The molecule has 0 amide bonds. The SMILES string of the molecule is COC1CCN(c2cccc(S(=O)(=O)n3cc(C4=CCCCC4)c4c3N=CCC4)c2)C1. The predicted octanol–water partition coefficient (Wildman–Crippen LogP) is 4.56. The second kappa shape index (κ2) is 8.28. The summed E-state index contributed by atoms with van der Waals surface area (Å²) < 4.78 is 34.3. The first-order valence-corrected chi connectivity index (χ1v) is 12.6. The Kier molecular flexibility index (Phi) is 5.48. The van der Waals surface area contributed by atoms with Crippen LogP contribution in [0.1, 0.15) is 49.7 Å². The maximum Gasteiger partial charge on any atom is 0.269 e. The van der Waals surface area contributed by atoms with Gasteiger partial charge in [0.15, 0.2) is 0 Å². The second-order valence-electron chi connectivity index (χ2n) is 8.56. The van der Waals surface area contributed by atoms with Crippen molar-refractivity contribution in [3.05, 3.63) is 47.7 Å². The second-order valence-corrected chi connectivity index (χ2v) is 10.4.